The van der Waals surface area contributed by atoms with Crippen LogP contribution in [-0.4, -0.2) is 40.3 Å². The molecule has 1 saturated carbocycles. The van der Waals surface area contributed by atoms with Gasteiger partial charge in [-0.05, 0) is 37.3 Å². The molecule has 3 atom stereocenters. The van der Waals surface area contributed by atoms with Crippen LogP contribution in [0.4, 0.5) is 8.78 Å². The number of rotatable bonds is 6. The number of hydrogen-bond donors (Lipinski definition) is 2. The first-order valence-corrected chi connectivity index (χ1v) is 10.3. The molecule has 1 aliphatic heterocycles. The van der Waals surface area contributed by atoms with Gasteiger partial charge in [-0.1, -0.05) is 60.0 Å². The van der Waals surface area contributed by atoms with E-state index < -0.39 is 18.3 Å². The summed E-state index contributed by atoms with van der Waals surface area (Å²) in [4.78, 5) is 0. The van der Waals surface area contributed by atoms with Gasteiger partial charge in [0.1, 0.15) is 12.0 Å². The zero-order valence-corrected chi connectivity index (χ0v) is 16.1. The zero-order chi connectivity index (χ0) is 19.0. The highest BCUT2D eigenvalue weighted by molar-refractivity contribution is 7.98. The van der Waals surface area contributed by atoms with Gasteiger partial charge >= 0.3 is 0 Å². The lowest BCUT2D eigenvalue weighted by Gasteiger charge is -2.24. The van der Waals surface area contributed by atoms with Gasteiger partial charge in [-0.25, -0.2) is 8.78 Å². The summed E-state index contributed by atoms with van der Waals surface area (Å²) in [6.07, 6.45) is 1.37. The molecule has 3 nitrogen and oxygen atoms in total. The third kappa shape index (κ3) is 4.19. The Kier molecular flexibility index (Phi) is 5.50. The van der Waals surface area contributed by atoms with Crippen molar-refractivity contribution >= 4 is 11.9 Å². The Labute approximate surface area is 162 Å². The van der Waals surface area contributed by atoms with E-state index in [9.17, 15) is 9.60 Å². The molecule has 3 unspecified atom stereocenters. The lowest BCUT2D eigenvalue weighted by Crippen LogP contribution is -2.43. The van der Waals surface area contributed by atoms with E-state index in [1.54, 1.807) is 24.1 Å². The summed E-state index contributed by atoms with van der Waals surface area (Å²) in [5.74, 6) is -0.299. The van der Waals surface area contributed by atoms with Crippen molar-refractivity contribution < 1.29 is 14.0 Å². The molecule has 6 heteroatoms. The van der Waals surface area contributed by atoms with Gasteiger partial charge in [0.05, 0.1) is 18.6 Å². The number of alkyl halides is 1. The number of hydrogen-bond acceptors (Lipinski definition) is 4. The van der Waals surface area contributed by atoms with Crippen LogP contribution < -0.4 is 4.72 Å². The van der Waals surface area contributed by atoms with Crippen LogP contribution in [-0.2, 0) is 6.42 Å². The maximum absolute atomic E-state index is 15.2. The Hall–Kier alpha value is -1.47. The molecule has 0 spiro atoms. The molecule has 1 aliphatic carbocycles. The SMILES string of the molecule is Cc1cccc(-c2cccc(CC3C(NSC4CC4)C(F)CN3O)c2F)c1. The molecule has 2 aromatic carbocycles. The molecule has 0 amide bonds. The van der Waals surface area contributed by atoms with Crippen molar-refractivity contribution in [2.24, 2.45) is 0 Å². The summed E-state index contributed by atoms with van der Waals surface area (Å²) in [5, 5.41) is 11.8. The molecule has 2 N–H and O–H groups in total. The number of nitrogens with one attached hydrogen (secondary N) is 1. The summed E-state index contributed by atoms with van der Waals surface area (Å²) >= 11 is 1.54. The Morgan fingerprint density at radius 2 is 2.00 bits per heavy atom. The summed E-state index contributed by atoms with van der Waals surface area (Å²) in [6, 6.07) is 12.0. The van der Waals surface area contributed by atoms with E-state index in [4.69, 9.17) is 0 Å². The number of benzene rings is 2. The normalized spacial score (nSPS) is 25.9. The Morgan fingerprint density at radius 3 is 2.74 bits per heavy atom. The molecule has 0 radical (unpaired) electrons. The second-order valence-corrected chi connectivity index (χ2v) is 8.66. The molecular formula is C21H24F2N2OS. The van der Waals surface area contributed by atoms with Crippen LogP contribution in [0, 0.1) is 12.7 Å². The highest BCUT2D eigenvalue weighted by Gasteiger charge is 2.43. The predicted molar refractivity (Wildman–Crippen MR) is 105 cm³/mol. The molecule has 144 valence electrons. The van der Waals surface area contributed by atoms with Gasteiger partial charge in [0.15, 0.2) is 0 Å². The fraction of sp³-hybridized carbons (Fsp3) is 0.429. The fourth-order valence-electron chi connectivity index (χ4n) is 3.60. The molecule has 1 heterocycles. The van der Waals surface area contributed by atoms with Crippen LogP contribution >= 0.6 is 11.9 Å². The smallest absolute Gasteiger partial charge is 0.134 e. The van der Waals surface area contributed by atoms with Crippen LogP contribution in [0.25, 0.3) is 11.1 Å². The average Bonchev–Trinajstić information content (AvgIpc) is 3.42. The molecule has 2 aliphatic rings. The van der Waals surface area contributed by atoms with E-state index >= 15 is 4.39 Å². The molecule has 0 bridgehead atoms. The maximum atomic E-state index is 15.2. The van der Waals surface area contributed by atoms with Gasteiger partial charge < -0.3 is 5.21 Å². The van der Waals surface area contributed by atoms with Crippen LogP contribution in [0.3, 0.4) is 0 Å². The quantitative estimate of drug-likeness (QED) is 0.711. The second-order valence-electron chi connectivity index (χ2n) is 7.52. The number of nitrogens with zero attached hydrogens (tertiary/aromatic N) is 1. The molecular weight excluding hydrogens is 366 g/mol. The summed E-state index contributed by atoms with van der Waals surface area (Å²) in [5.41, 5.74) is 2.92. The third-order valence-electron chi connectivity index (χ3n) is 5.28. The van der Waals surface area contributed by atoms with Crippen molar-refractivity contribution in [3.63, 3.8) is 0 Å². The minimum absolute atomic E-state index is 0.0489. The lowest BCUT2D eigenvalue weighted by molar-refractivity contribution is -0.106. The Bertz CT molecular complexity index is 815. The highest BCUT2D eigenvalue weighted by Crippen LogP contribution is 2.35. The molecule has 2 aromatic rings. The van der Waals surface area contributed by atoms with E-state index in [0.717, 1.165) is 29.0 Å². The van der Waals surface area contributed by atoms with E-state index in [1.807, 2.05) is 37.3 Å². The van der Waals surface area contributed by atoms with Crippen LogP contribution in [0.15, 0.2) is 42.5 Å². The lowest BCUT2D eigenvalue weighted by atomic mass is 9.95. The number of hydroxylamine groups is 2. The average molecular weight is 390 g/mol. The highest BCUT2D eigenvalue weighted by atomic mass is 32.2. The van der Waals surface area contributed by atoms with Crippen molar-refractivity contribution in [1.29, 1.82) is 0 Å². The van der Waals surface area contributed by atoms with Crippen molar-refractivity contribution in [2.75, 3.05) is 6.54 Å². The second kappa shape index (κ2) is 7.87. The first-order chi connectivity index (χ1) is 13.0. The molecule has 4 rings (SSSR count). The van der Waals surface area contributed by atoms with Crippen molar-refractivity contribution in [3.8, 4) is 11.1 Å². The van der Waals surface area contributed by atoms with Gasteiger partial charge in [-0.15, -0.1) is 0 Å². The van der Waals surface area contributed by atoms with E-state index in [0.29, 0.717) is 16.4 Å². The molecule has 1 saturated heterocycles. The van der Waals surface area contributed by atoms with E-state index in [-0.39, 0.29) is 18.8 Å². The van der Waals surface area contributed by atoms with Gasteiger partial charge in [-0.3, -0.25) is 4.72 Å². The van der Waals surface area contributed by atoms with Gasteiger partial charge in [0.25, 0.3) is 0 Å². The Balaban J connectivity index is 1.56. The third-order valence-corrected chi connectivity index (χ3v) is 6.49. The largest absolute Gasteiger partial charge is 0.314 e. The van der Waals surface area contributed by atoms with Gasteiger partial charge in [-0.2, -0.15) is 5.06 Å². The molecule has 2 fully saturated rings. The summed E-state index contributed by atoms with van der Waals surface area (Å²) < 4.78 is 32.8. The van der Waals surface area contributed by atoms with E-state index in [1.165, 1.54) is 0 Å². The molecule has 27 heavy (non-hydrogen) atoms. The Morgan fingerprint density at radius 1 is 1.22 bits per heavy atom. The summed E-state index contributed by atoms with van der Waals surface area (Å²) in [7, 11) is 0. The van der Waals surface area contributed by atoms with Crippen LogP contribution in [0.5, 0.6) is 0 Å². The number of aryl methyl sites for hydroxylation is 1. The maximum Gasteiger partial charge on any atom is 0.134 e. The van der Waals surface area contributed by atoms with E-state index in [2.05, 4.69) is 4.72 Å². The predicted octanol–water partition coefficient (Wildman–Crippen LogP) is 4.52. The topological polar surface area (TPSA) is 35.5 Å². The first kappa shape index (κ1) is 18.9. The van der Waals surface area contributed by atoms with Crippen molar-refractivity contribution in [3.05, 3.63) is 59.4 Å². The summed E-state index contributed by atoms with van der Waals surface area (Å²) in [6.45, 7) is 1.93. The van der Waals surface area contributed by atoms with Gasteiger partial charge in [0, 0.05) is 10.8 Å². The standard InChI is InChI=1S/C21H24F2N2OS/c1-13-4-2-5-14(10-13)17-7-3-6-15(20(17)23)11-19-21(18(22)12-25(19)26)24-27-16-8-9-16/h2-7,10,16,18-19,21,24,26H,8-9,11-12H2,1H3. The fourth-order valence-corrected chi connectivity index (χ4v) is 4.62. The number of halogens is 2. The van der Waals surface area contributed by atoms with Crippen molar-refractivity contribution in [2.45, 2.75) is 49.7 Å². The first-order valence-electron chi connectivity index (χ1n) is 9.38. The minimum atomic E-state index is -1.17. The van der Waals surface area contributed by atoms with Crippen molar-refractivity contribution in [1.82, 2.24) is 9.79 Å². The monoisotopic (exact) mass is 390 g/mol. The van der Waals surface area contributed by atoms with Gasteiger partial charge in [0.2, 0.25) is 0 Å². The minimum Gasteiger partial charge on any atom is -0.314 e. The van der Waals surface area contributed by atoms with Crippen LogP contribution in [0.1, 0.15) is 24.0 Å². The molecule has 0 aromatic heterocycles. The zero-order valence-electron chi connectivity index (χ0n) is 15.2. The van der Waals surface area contributed by atoms with Crippen LogP contribution in [0.2, 0.25) is 0 Å².